The fraction of sp³-hybridized carbons (Fsp3) is 0.158. The molecule has 0 saturated heterocycles. The molecule has 0 unspecified atom stereocenters. The highest BCUT2D eigenvalue weighted by molar-refractivity contribution is 6.05. The molecule has 26 heavy (non-hydrogen) atoms. The van der Waals surface area contributed by atoms with Gasteiger partial charge in [-0.2, -0.15) is 5.10 Å². The summed E-state index contributed by atoms with van der Waals surface area (Å²) in [6, 6.07) is 15.9. The van der Waals surface area contributed by atoms with Crippen LogP contribution in [-0.4, -0.2) is 22.0 Å². The Morgan fingerprint density at radius 3 is 2.23 bits per heavy atom. The number of hydrazine groups is 1. The number of H-pyrrole nitrogens is 1. The molecule has 0 saturated carbocycles. The summed E-state index contributed by atoms with van der Waals surface area (Å²) < 4.78 is 0. The van der Waals surface area contributed by atoms with Gasteiger partial charge in [0.2, 0.25) is 5.91 Å². The number of aromatic nitrogens is 2. The summed E-state index contributed by atoms with van der Waals surface area (Å²) in [5, 5.41) is 6.85. The Hall–Kier alpha value is -3.48. The van der Waals surface area contributed by atoms with Gasteiger partial charge in [-0.05, 0) is 25.5 Å². The van der Waals surface area contributed by atoms with E-state index < -0.39 is 11.3 Å². The summed E-state index contributed by atoms with van der Waals surface area (Å²) in [7, 11) is 0. The number of nitrogens with zero attached hydrogens (tertiary/aromatic N) is 1. The second kappa shape index (κ2) is 6.79. The van der Waals surface area contributed by atoms with E-state index in [1.165, 1.54) is 0 Å². The predicted molar refractivity (Wildman–Crippen MR) is 97.4 cm³/mol. The molecule has 7 heteroatoms. The maximum Gasteiger partial charge on any atom is 0.290 e. The molecule has 2 aromatic carbocycles. The Bertz CT molecular complexity index is 1030. The van der Waals surface area contributed by atoms with Crippen molar-refractivity contribution in [1.29, 1.82) is 0 Å². The molecule has 3 N–H and O–H groups in total. The second-order valence-corrected chi connectivity index (χ2v) is 6.35. The molecule has 0 atom stereocenters. The molecule has 7 nitrogen and oxygen atoms in total. The van der Waals surface area contributed by atoms with Crippen molar-refractivity contribution in [3.63, 3.8) is 0 Å². The van der Waals surface area contributed by atoms with Crippen LogP contribution in [0, 0.1) is 0 Å². The number of hydrogen-bond donors (Lipinski definition) is 3. The van der Waals surface area contributed by atoms with E-state index in [9.17, 15) is 14.4 Å². The molecule has 1 heterocycles. The number of rotatable bonds is 3. The third kappa shape index (κ3) is 3.19. The summed E-state index contributed by atoms with van der Waals surface area (Å²) in [6.07, 6.45) is 0. The van der Waals surface area contributed by atoms with Crippen LogP contribution in [0.25, 0.3) is 10.8 Å². The molecule has 2 amide bonds. The third-order valence-electron chi connectivity index (χ3n) is 4.26. The Labute approximate surface area is 149 Å². The molecular weight excluding hydrogens is 332 g/mol. The average Bonchev–Trinajstić information content (AvgIpc) is 2.67. The van der Waals surface area contributed by atoms with Gasteiger partial charge in [0, 0.05) is 5.39 Å². The first kappa shape index (κ1) is 17.3. The van der Waals surface area contributed by atoms with Crippen molar-refractivity contribution in [3.05, 3.63) is 76.2 Å². The van der Waals surface area contributed by atoms with Gasteiger partial charge in [0.15, 0.2) is 5.69 Å². The van der Waals surface area contributed by atoms with Gasteiger partial charge >= 0.3 is 0 Å². The van der Waals surface area contributed by atoms with Crippen molar-refractivity contribution in [2.75, 3.05) is 0 Å². The van der Waals surface area contributed by atoms with E-state index in [2.05, 4.69) is 21.0 Å². The van der Waals surface area contributed by atoms with Crippen LogP contribution < -0.4 is 16.4 Å². The summed E-state index contributed by atoms with van der Waals surface area (Å²) >= 11 is 0. The Balaban J connectivity index is 1.79. The maximum atomic E-state index is 12.5. The molecule has 3 aromatic rings. The number of carbonyl (C=O) groups is 2. The van der Waals surface area contributed by atoms with Crippen molar-refractivity contribution in [2.24, 2.45) is 0 Å². The van der Waals surface area contributed by atoms with Crippen LogP contribution in [0.4, 0.5) is 0 Å². The van der Waals surface area contributed by atoms with E-state index in [-0.39, 0.29) is 17.2 Å². The minimum absolute atomic E-state index is 0.0259. The zero-order valence-electron chi connectivity index (χ0n) is 14.4. The van der Waals surface area contributed by atoms with Crippen molar-refractivity contribution in [3.8, 4) is 0 Å². The number of nitrogens with one attached hydrogen (secondary N) is 3. The van der Waals surface area contributed by atoms with Gasteiger partial charge in [0.05, 0.1) is 10.8 Å². The quantitative estimate of drug-likeness (QED) is 0.625. The first-order chi connectivity index (χ1) is 12.4. The number of amides is 2. The lowest BCUT2D eigenvalue weighted by atomic mass is 9.84. The van der Waals surface area contributed by atoms with Gasteiger partial charge in [-0.3, -0.25) is 25.2 Å². The minimum Gasteiger partial charge on any atom is -0.272 e. The van der Waals surface area contributed by atoms with E-state index in [0.717, 1.165) is 5.56 Å². The summed E-state index contributed by atoms with van der Waals surface area (Å²) in [5.41, 5.74) is 4.42. The van der Waals surface area contributed by atoms with Gasteiger partial charge in [-0.15, -0.1) is 0 Å². The smallest absolute Gasteiger partial charge is 0.272 e. The molecule has 0 radical (unpaired) electrons. The third-order valence-corrected chi connectivity index (χ3v) is 4.26. The van der Waals surface area contributed by atoms with E-state index in [4.69, 9.17) is 0 Å². The Morgan fingerprint density at radius 2 is 1.54 bits per heavy atom. The zero-order chi connectivity index (χ0) is 18.7. The Kier molecular flexibility index (Phi) is 4.53. The number of fused-ring (bicyclic) bond motifs is 1. The summed E-state index contributed by atoms with van der Waals surface area (Å²) in [5.74, 6) is -0.986. The Morgan fingerprint density at radius 1 is 0.923 bits per heavy atom. The van der Waals surface area contributed by atoms with Crippen LogP contribution in [0.3, 0.4) is 0 Å². The van der Waals surface area contributed by atoms with E-state index in [1.54, 1.807) is 38.1 Å². The van der Waals surface area contributed by atoms with Crippen LogP contribution >= 0.6 is 0 Å². The lowest BCUT2D eigenvalue weighted by Gasteiger charge is -2.24. The lowest BCUT2D eigenvalue weighted by molar-refractivity contribution is -0.126. The van der Waals surface area contributed by atoms with Crippen LogP contribution in [0.15, 0.2) is 59.4 Å². The highest BCUT2D eigenvalue weighted by Gasteiger charge is 2.30. The predicted octanol–water partition coefficient (Wildman–Crippen LogP) is 1.66. The van der Waals surface area contributed by atoms with Gasteiger partial charge in [-0.1, -0.05) is 48.5 Å². The van der Waals surface area contributed by atoms with Gasteiger partial charge < -0.3 is 0 Å². The standard InChI is InChI=1S/C19H18N4O3/c1-19(2,12-8-4-3-5-9-12)18(26)23-22-17(25)15-13-10-6-7-11-14(13)16(24)21-20-15/h3-11H,1-2H3,(H,21,24)(H,22,25)(H,23,26). The van der Waals surface area contributed by atoms with Crippen LogP contribution in [0.2, 0.25) is 0 Å². The normalized spacial score (nSPS) is 11.2. The number of aromatic amines is 1. The zero-order valence-corrected chi connectivity index (χ0v) is 14.4. The SMILES string of the molecule is CC(C)(C(=O)NNC(=O)c1n[nH]c(=O)c2ccccc12)c1ccccc1. The number of benzene rings is 2. The molecule has 132 valence electrons. The minimum atomic E-state index is -0.838. The van der Waals surface area contributed by atoms with E-state index in [1.807, 2.05) is 30.3 Å². The average molecular weight is 350 g/mol. The number of carbonyl (C=O) groups excluding carboxylic acids is 2. The van der Waals surface area contributed by atoms with E-state index >= 15 is 0 Å². The van der Waals surface area contributed by atoms with Gasteiger partial charge in [0.25, 0.3) is 11.5 Å². The highest BCUT2D eigenvalue weighted by Crippen LogP contribution is 2.22. The van der Waals surface area contributed by atoms with Crippen molar-refractivity contribution in [2.45, 2.75) is 19.3 Å². The molecule has 0 aliphatic carbocycles. The van der Waals surface area contributed by atoms with Crippen molar-refractivity contribution >= 4 is 22.6 Å². The molecule has 3 rings (SSSR count). The maximum absolute atomic E-state index is 12.5. The molecule has 0 aliphatic heterocycles. The first-order valence-corrected chi connectivity index (χ1v) is 8.05. The largest absolute Gasteiger partial charge is 0.290 e. The molecular formula is C19H18N4O3. The highest BCUT2D eigenvalue weighted by atomic mass is 16.2. The van der Waals surface area contributed by atoms with E-state index in [0.29, 0.717) is 10.8 Å². The van der Waals surface area contributed by atoms with Crippen LogP contribution in [0.1, 0.15) is 29.9 Å². The fourth-order valence-corrected chi connectivity index (χ4v) is 2.60. The molecule has 0 bridgehead atoms. The summed E-state index contributed by atoms with van der Waals surface area (Å²) in [6.45, 7) is 3.52. The van der Waals surface area contributed by atoms with Crippen LogP contribution in [-0.2, 0) is 10.2 Å². The first-order valence-electron chi connectivity index (χ1n) is 8.05. The monoisotopic (exact) mass is 350 g/mol. The molecule has 0 fully saturated rings. The summed E-state index contributed by atoms with van der Waals surface area (Å²) in [4.78, 5) is 36.7. The van der Waals surface area contributed by atoms with Crippen molar-refractivity contribution in [1.82, 2.24) is 21.0 Å². The topological polar surface area (TPSA) is 104 Å². The van der Waals surface area contributed by atoms with Crippen molar-refractivity contribution < 1.29 is 9.59 Å². The lowest BCUT2D eigenvalue weighted by Crippen LogP contribution is -2.49. The fourth-order valence-electron chi connectivity index (χ4n) is 2.60. The van der Waals surface area contributed by atoms with Gasteiger partial charge in [0.1, 0.15) is 0 Å². The molecule has 1 aromatic heterocycles. The van der Waals surface area contributed by atoms with Gasteiger partial charge in [-0.25, -0.2) is 5.10 Å². The number of hydrogen-bond acceptors (Lipinski definition) is 4. The van der Waals surface area contributed by atoms with Crippen LogP contribution in [0.5, 0.6) is 0 Å². The molecule has 0 aliphatic rings. The molecule has 0 spiro atoms. The second-order valence-electron chi connectivity index (χ2n) is 6.35.